The summed E-state index contributed by atoms with van der Waals surface area (Å²) in [4.78, 5) is 22.0. The van der Waals surface area contributed by atoms with Crippen LogP contribution in [0.5, 0.6) is 0 Å². The smallest absolute Gasteiger partial charge is 0.257 e. The number of hydrogen-bond donors (Lipinski definition) is 2. The number of nitrogens with one attached hydrogen (secondary N) is 2. The molecular weight excluding hydrogens is 356 g/mol. The van der Waals surface area contributed by atoms with Gasteiger partial charge in [0.1, 0.15) is 5.82 Å². The second-order valence-corrected chi connectivity index (χ2v) is 7.53. The van der Waals surface area contributed by atoms with E-state index in [0.29, 0.717) is 11.6 Å². The number of amides is 1. The van der Waals surface area contributed by atoms with Crippen molar-refractivity contribution in [3.63, 3.8) is 0 Å². The normalized spacial score (nSPS) is 13.2. The van der Waals surface area contributed by atoms with Gasteiger partial charge in [-0.1, -0.05) is 6.07 Å². The molecule has 0 bridgehead atoms. The minimum Gasteiger partial charge on any atom is -0.367 e. The van der Waals surface area contributed by atoms with Crippen LogP contribution in [0.3, 0.4) is 0 Å². The number of anilines is 2. The van der Waals surface area contributed by atoms with E-state index < -0.39 is 0 Å². The van der Waals surface area contributed by atoms with Crippen molar-refractivity contribution in [2.45, 2.75) is 29.5 Å². The summed E-state index contributed by atoms with van der Waals surface area (Å²) in [6.07, 6.45) is 7.65. The fourth-order valence-corrected chi connectivity index (χ4v) is 3.37. The van der Waals surface area contributed by atoms with Gasteiger partial charge < -0.3 is 10.6 Å². The van der Waals surface area contributed by atoms with Gasteiger partial charge in [0.15, 0.2) is 0 Å². The van der Waals surface area contributed by atoms with E-state index in [2.05, 4.69) is 26.7 Å². The number of carbonyl (C=O) groups excluding carboxylic acids is 1. The van der Waals surface area contributed by atoms with Crippen molar-refractivity contribution in [3.05, 3.63) is 78.2 Å². The number of aromatic nitrogens is 2. The molecule has 1 fully saturated rings. The lowest BCUT2D eigenvalue weighted by molar-refractivity contribution is 0.102. The van der Waals surface area contributed by atoms with Crippen LogP contribution in [0.4, 0.5) is 11.5 Å². The molecule has 0 aliphatic heterocycles. The zero-order valence-corrected chi connectivity index (χ0v) is 15.6. The molecule has 5 nitrogen and oxygen atoms in total. The Hall–Kier alpha value is -2.86. The monoisotopic (exact) mass is 376 g/mol. The summed E-state index contributed by atoms with van der Waals surface area (Å²) < 4.78 is 0. The summed E-state index contributed by atoms with van der Waals surface area (Å²) in [6.45, 7) is 0. The maximum absolute atomic E-state index is 12.4. The largest absolute Gasteiger partial charge is 0.367 e. The van der Waals surface area contributed by atoms with Gasteiger partial charge in [-0.25, -0.2) is 4.98 Å². The van der Waals surface area contributed by atoms with Crippen LogP contribution in [0.15, 0.2) is 72.0 Å². The third-order valence-corrected chi connectivity index (χ3v) is 5.28. The molecule has 2 aromatic heterocycles. The first kappa shape index (κ1) is 17.5. The molecule has 0 spiro atoms. The molecule has 0 radical (unpaired) electrons. The zero-order chi connectivity index (χ0) is 18.5. The van der Waals surface area contributed by atoms with Crippen molar-refractivity contribution in [1.82, 2.24) is 9.97 Å². The van der Waals surface area contributed by atoms with Crippen LogP contribution in [-0.4, -0.2) is 21.9 Å². The van der Waals surface area contributed by atoms with Gasteiger partial charge in [-0.3, -0.25) is 9.78 Å². The highest BCUT2D eigenvalue weighted by Gasteiger charge is 2.21. The standard InChI is InChI=1S/C21H20N4OS/c26-21(16-3-10-20(23-13-16)24-17-4-5-17)25-18-6-8-19(9-7-18)27-14-15-2-1-11-22-12-15/h1-3,6-13,17H,4-5,14H2,(H,23,24)(H,25,26). The highest BCUT2D eigenvalue weighted by molar-refractivity contribution is 7.98. The van der Waals surface area contributed by atoms with Crippen LogP contribution in [0.2, 0.25) is 0 Å². The molecule has 3 aromatic rings. The molecule has 1 amide bonds. The second kappa shape index (κ2) is 8.22. The van der Waals surface area contributed by atoms with Gasteiger partial charge in [-0.2, -0.15) is 0 Å². The SMILES string of the molecule is O=C(Nc1ccc(SCc2cccnc2)cc1)c1ccc(NC2CC2)nc1. The molecule has 1 aromatic carbocycles. The summed E-state index contributed by atoms with van der Waals surface area (Å²) in [6, 6.07) is 16.1. The van der Waals surface area contributed by atoms with Crippen LogP contribution >= 0.6 is 11.8 Å². The van der Waals surface area contributed by atoms with Crippen molar-refractivity contribution in [2.75, 3.05) is 10.6 Å². The van der Waals surface area contributed by atoms with Gasteiger partial charge in [0.05, 0.1) is 5.56 Å². The van der Waals surface area contributed by atoms with E-state index >= 15 is 0 Å². The Bertz CT molecular complexity index is 894. The van der Waals surface area contributed by atoms with Crippen molar-refractivity contribution in [3.8, 4) is 0 Å². The minimum absolute atomic E-state index is 0.156. The Morgan fingerprint density at radius 3 is 2.59 bits per heavy atom. The summed E-state index contributed by atoms with van der Waals surface area (Å²) >= 11 is 1.74. The number of rotatable bonds is 7. The molecule has 0 saturated heterocycles. The average molecular weight is 376 g/mol. The average Bonchev–Trinajstić information content (AvgIpc) is 3.53. The zero-order valence-electron chi connectivity index (χ0n) is 14.8. The maximum Gasteiger partial charge on any atom is 0.257 e. The molecule has 2 N–H and O–H groups in total. The van der Waals surface area contributed by atoms with E-state index in [1.165, 1.54) is 18.4 Å². The number of carbonyl (C=O) groups is 1. The molecule has 1 saturated carbocycles. The molecule has 6 heteroatoms. The van der Waals surface area contributed by atoms with Gasteiger partial charge in [0.25, 0.3) is 5.91 Å². The van der Waals surface area contributed by atoms with Crippen LogP contribution in [0, 0.1) is 0 Å². The number of benzene rings is 1. The lowest BCUT2D eigenvalue weighted by Crippen LogP contribution is -2.12. The van der Waals surface area contributed by atoms with Crippen LogP contribution in [0.1, 0.15) is 28.8 Å². The number of pyridine rings is 2. The van der Waals surface area contributed by atoms with Crippen molar-refractivity contribution < 1.29 is 4.79 Å². The van der Waals surface area contributed by atoms with Crippen molar-refractivity contribution in [1.29, 1.82) is 0 Å². The predicted molar refractivity (Wildman–Crippen MR) is 109 cm³/mol. The lowest BCUT2D eigenvalue weighted by Gasteiger charge is -2.08. The van der Waals surface area contributed by atoms with E-state index in [1.54, 1.807) is 30.2 Å². The Kier molecular flexibility index (Phi) is 5.34. The summed E-state index contributed by atoms with van der Waals surface area (Å²) in [5, 5.41) is 6.23. The van der Waals surface area contributed by atoms with Gasteiger partial charge in [0, 0.05) is 41.0 Å². The molecule has 1 aliphatic rings. The summed E-state index contributed by atoms with van der Waals surface area (Å²) in [5.74, 6) is 1.53. The second-order valence-electron chi connectivity index (χ2n) is 6.48. The van der Waals surface area contributed by atoms with Gasteiger partial charge in [0.2, 0.25) is 0 Å². The van der Waals surface area contributed by atoms with Gasteiger partial charge >= 0.3 is 0 Å². The Morgan fingerprint density at radius 1 is 1.07 bits per heavy atom. The molecule has 2 heterocycles. The van der Waals surface area contributed by atoms with Gasteiger partial charge in [-0.15, -0.1) is 11.8 Å². The van der Waals surface area contributed by atoms with Crippen LogP contribution in [0.25, 0.3) is 0 Å². The first-order valence-electron chi connectivity index (χ1n) is 8.92. The minimum atomic E-state index is -0.156. The third kappa shape index (κ3) is 5.08. The molecule has 0 atom stereocenters. The van der Waals surface area contributed by atoms with Crippen LogP contribution in [-0.2, 0) is 5.75 Å². The first-order chi connectivity index (χ1) is 13.3. The summed E-state index contributed by atoms with van der Waals surface area (Å²) in [7, 11) is 0. The highest BCUT2D eigenvalue weighted by Crippen LogP contribution is 2.25. The van der Waals surface area contributed by atoms with Gasteiger partial charge in [-0.05, 0) is 60.9 Å². The molecule has 4 rings (SSSR count). The molecule has 0 unspecified atom stereocenters. The van der Waals surface area contributed by atoms with E-state index in [1.807, 2.05) is 42.6 Å². The predicted octanol–water partition coefficient (Wildman–Crippen LogP) is 4.60. The fraction of sp³-hybridized carbons (Fsp3) is 0.190. The topological polar surface area (TPSA) is 66.9 Å². The fourth-order valence-electron chi connectivity index (χ4n) is 2.54. The number of thioether (sulfide) groups is 1. The molecule has 136 valence electrons. The first-order valence-corrected chi connectivity index (χ1v) is 9.90. The molecular formula is C21H20N4OS. The molecule has 27 heavy (non-hydrogen) atoms. The van der Waals surface area contributed by atoms with E-state index in [4.69, 9.17) is 0 Å². The lowest BCUT2D eigenvalue weighted by atomic mass is 10.2. The highest BCUT2D eigenvalue weighted by atomic mass is 32.2. The Morgan fingerprint density at radius 2 is 1.93 bits per heavy atom. The van der Waals surface area contributed by atoms with Crippen molar-refractivity contribution in [2.24, 2.45) is 0 Å². The van der Waals surface area contributed by atoms with E-state index in [-0.39, 0.29) is 5.91 Å². The number of hydrogen-bond acceptors (Lipinski definition) is 5. The van der Waals surface area contributed by atoms with Crippen LogP contribution < -0.4 is 10.6 Å². The van der Waals surface area contributed by atoms with E-state index in [9.17, 15) is 4.79 Å². The Labute approximate surface area is 162 Å². The van der Waals surface area contributed by atoms with E-state index in [0.717, 1.165) is 22.2 Å². The molecule has 1 aliphatic carbocycles. The number of nitrogens with zero attached hydrogens (tertiary/aromatic N) is 2. The third-order valence-electron chi connectivity index (χ3n) is 4.20. The Balaban J connectivity index is 1.31. The maximum atomic E-state index is 12.4. The summed E-state index contributed by atoms with van der Waals surface area (Å²) in [5.41, 5.74) is 2.50. The van der Waals surface area contributed by atoms with Crippen molar-refractivity contribution >= 4 is 29.2 Å². The quantitative estimate of drug-likeness (QED) is 0.590.